The largest absolute Gasteiger partial charge is 0.309 e. The summed E-state index contributed by atoms with van der Waals surface area (Å²) in [5.74, 6) is 1.86. The summed E-state index contributed by atoms with van der Waals surface area (Å²) in [6.45, 7) is 0. The van der Waals surface area contributed by atoms with Gasteiger partial charge in [0, 0.05) is 98.9 Å². The van der Waals surface area contributed by atoms with E-state index in [9.17, 15) is 0 Å². The first kappa shape index (κ1) is 35.7. The molecule has 0 aliphatic rings. The minimum Gasteiger partial charge on any atom is -0.309 e. The van der Waals surface area contributed by atoms with Crippen molar-refractivity contribution in [1.29, 1.82) is 0 Å². The molecule has 0 N–H and O–H groups in total. The molecule has 9 aromatic carbocycles. The average molecular weight is 882 g/mol. The molecule has 0 radical (unpaired) electrons. The first-order valence-electron chi connectivity index (χ1n) is 21.7. The SMILES string of the molecule is c1ccc2c(c1)sc1ccc(-c3nc(-c4ccc5sc6ccccc6c5c4)nc(-n4c5ccccc5c5c6c7ccccc7n(-c7ccc8sc9ccccc9c8c7)c6ccc54)n3)cc12. The van der Waals surface area contributed by atoms with Crippen LogP contribution in [0.4, 0.5) is 0 Å². The lowest BCUT2D eigenvalue weighted by Gasteiger charge is -2.11. The summed E-state index contributed by atoms with van der Waals surface area (Å²) in [5, 5.41) is 12.2. The van der Waals surface area contributed by atoms with Crippen molar-refractivity contribution < 1.29 is 0 Å². The van der Waals surface area contributed by atoms with E-state index in [1.54, 1.807) is 0 Å². The predicted octanol–water partition coefficient (Wildman–Crippen LogP) is 16.5. The third-order valence-corrected chi connectivity index (χ3v) is 16.6. The van der Waals surface area contributed by atoms with Crippen molar-refractivity contribution in [1.82, 2.24) is 24.1 Å². The van der Waals surface area contributed by atoms with Crippen LogP contribution >= 0.6 is 34.0 Å². The van der Waals surface area contributed by atoms with Crippen molar-refractivity contribution in [3.05, 3.63) is 188 Å². The molecule has 0 aliphatic heterocycles. The summed E-state index contributed by atoms with van der Waals surface area (Å²) >= 11 is 5.49. The van der Waals surface area contributed by atoms with Gasteiger partial charge in [0.15, 0.2) is 11.6 Å². The van der Waals surface area contributed by atoms with Gasteiger partial charge in [0.2, 0.25) is 5.95 Å². The van der Waals surface area contributed by atoms with Gasteiger partial charge < -0.3 is 4.57 Å². The Morgan fingerprint density at radius 1 is 0.292 bits per heavy atom. The maximum Gasteiger partial charge on any atom is 0.238 e. The fraction of sp³-hybridized carbons (Fsp3) is 0. The summed E-state index contributed by atoms with van der Waals surface area (Å²) < 4.78 is 12.3. The standard InChI is InChI=1S/C57H31N5S3/c1-6-16-43-38(14-1)53-45(61(43)34-23-28-52-42(31-34)37-13-5-10-20-49(37)65-52)24-25-46-54(53)39-15-2-7-17-44(39)62(46)57-59-55(32-21-26-50-40(29-32)35-11-3-8-18-47(35)63-50)58-56(60-57)33-22-27-51-41(30-33)36-12-4-9-19-48(36)64-51/h1-31H. The number of benzene rings is 9. The van der Waals surface area contributed by atoms with Gasteiger partial charge in [-0.25, -0.2) is 4.98 Å². The number of rotatable bonds is 4. The van der Waals surface area contributed by atoms with E-state index in [-0.39, 0.29) is 0 Å². The molecule has 0 unspecified atom stereocenters. The first-order chi connectivity index (χ1) is 32.2. The van der Waals surface area contributed by atoms with Crippen molar-refractivity contribution in [2.45, 2.75) is 0 Å². The number of thiophene rings is 3. The zero-order valence-electron chi connectivity index (χ0n) is 34.4. The number of nitrogens with zero attached hydrogens (tertiary/aromatic N) is 5. The topological polar surface area (TPSA) is 48.5 Å². The Hall–Kier alpha value is -7.75. The van der Waals surface area contributed by atoms with Gasteiger partial charge in [0.25, 0.3) is 0 Å². The summed E-state index contributed by atoms with van der Waals surface area (Å²) in [4.78, 5) is 16.2. The highest BCUT2D eigenvalue weighted by atomic mass is 32.1. The molecule has 15 aromatic rings. The zero-order chi connectivity index (χ0) is 42.3. The third kappa shape index (κ3) is 5.15. The second kappa shape index (κ2) is 13.4. The monoisotopic (exact) mass is 881 g/mol. The molecule has 0 amide bonds. The number of para-hydroxylation sites is 2. The zero-order valence-corrected chi connectivity index (χ0v) is 36.8. The normalized spacial score (nSPS) is 12.3. The molecular formula is C57H31N5S3. The Morgan fingerprint density at radius 2 is 0.692 bits per heavy atom. The number of fused-ring (bicyclic) bond motifs is 16. The van der Waals surface area contributed by atoms with Gasteiger partial charge >= 0.3 is 0 Å². The van der Waals surface area contributed by atoms with Crippen LogP contribution in [-0.2, 0) is 0 Å². The number of hydrogen-bond acceptors (Lipinski definition) is 6. The summed E-state index contributed by atoms with van der Waals surface area (Å²) in [6, 6.07) is 68.3. The van der Waals surface area contributed by atoms with Gasteiger partial charge in [-0.05, 0) is 97.1 Å². The molecule has 6 aromatic heterocycles. The lowest BCUT2D eigenvalue weighted by Crippen LogP contribution is -2.06. The Bertz CT molecular complexity index is 4370. The molecular weight excluding hydrogens is 851 g/mol. The van der Waals surface area contributed by atoms with Gasteiger partial charge in [-0.2, -0.15) is 9.97 Å². The molecule has 6 heterocycles. The first-order valence-corrected chi connectivity index (χ1v) is 24.1. The minimum atomic E-state index is 0.583. The molecule has 0 saturated heterocycles. The maximum absolute atomic E-state index is 5.43. The van der Waals surface area contributed by atoms with E-state index in [4.69, 9.17) is 15.0 Å². The molecule has 8 heteroatoms. The van der Waals surface area contributed by atoms with Gasteiger partial charge in [-0.15, -0.1) is 34.0 Å². The highest BCUT2D eigenvalue weighted by Gasteiger charge is 2.23. The van der Waals surface area contributed by atoms with E-state index in [0.29, 0.717) is 17.6 Å². The van der Waals surface area contributed by atoms with Crippen LogP contribution in [0.2, 0.25) is 0 Å². The molecule has 0 bridgehead atoms. The lowest BCUT2D eigenvalue weighted by molar-refractivity contribution is 0.954. The van der Waals surface area contributed by atoms with Gasteiger partial charge in [-0.3, -0.25) is 4.57 Å². The molecule has 302 valence electrons. The van der Waals surface area contributed by atoms with Crippen molar-refractivity contribution in [3.8, 4) is 34.4 Å². The van der Waals surface area contributed by atoms with E-state index in [2.05, 4.69) is 197 Å². The van der Waals surface area contributed by atoms with Crippen molar-refractivity contribution >= 4 is 138 Å². The fourth-order valence-corrected chi connectivity index (χ4v) is 13.6. The van der Waals surface area contributed by atoms with Crippen LogP contribution in [0.5, 0.6) is 0 Å². The Morgan fingerprint density at radius 3 is 1.22 bits per heavy atom. The van der Waals surface area contributed by atoms with Crippen LogP contribution in [0, 0.1) is 0 Å². The Balaban J connectivity index is 1.01. The van der Waals surface area contributed by atoms with E-state index >= 15 is 0 Å². The Labute approximate surface area is 382 Å². The van der Waals surface area contributed by atoms with Crippen LogP contribution in [0.25, 0.3) is 139 Å². The van der Waals surface area contributed by atoms with Crippen LogP contribution in [0.1, 0.15) is 0 Å². The van der Waals surface area contributed by atoms with E-state index in [1.165, 1.54) is 82.2 Å². The quantitative estimate of drug-likeness (QED) is 0.177. The fourth-order valence-electron chi connectivity index (χ4n) is 10.3. The van der Waals surface area contributed by atoms with Crippen molar-refractivity contribution in [3.63, 3.8) is 0 Å². The van der Waals surface area contributed by atoms with Gasteiger partial charge in [0.1, 0.15) is 0 Å². The summed E-state index contributed by atoms with van der Waals surface area (Å²) in [7, 11) is 0. The molecule has 0 aliphatic carbocycles. The van der Waals surface area contributed by atoms with Gasteiger partial charge in [-0.1, -0.05) is 91.0 Å². The third-order valence-electron chi connectivity index (χ3n) is 13.2. The molecule has 65 heavy (non-hydrogen) atoms. The maximum atomic E-state index is 5.43. The summed E-state index contributed by atoms with van der Waals surface area (Å²) in [6.07, 6.45) is 0. The Kier molecular flexibility index (Phi) is 7.35. The lowest BCUT2D eigenvalue weighted by atomic mass is 10.1. The second-order valence-corrected chi connectivity index (χ2v) is 20.0. The highest BCUT2D eigenvalue weighted by molar-refractivity contribution is 7.26. The van der Waals surface area contributed by atoms with Crippen molar-refractivity contribution in [2.24, 2.45) is 0 Å². The molecule has 0 atom stereocenters. The number of hydrogen-bond donors (Lipinski definition) is 0. The molecule has 5 nitrogen and oxygen atoms in total. The van der Waals surface area contributed by atoms with Crippen LogP contribution < -0.4 is 0 Å². The van der Waals surface area contributed by atoms with Gasteiger partial charge in [0.05, 0.1) is 22.1 Å². The number of aromatic nitrogens is 5. The smallest absolute Gasteiger partial charge is 0.238 e. The summed E-state index contributed by atoms with van der Waals surface area (Å²) in [5.41, 5.74) is 7.47. The molecule has 0 spiro atoms. The minimum absolute atomic E-state index is 0.583. The molecule has 0 fully saturated rings. The highest BCUT2D eigenvalue weighted by Crippen LogP contribution is 2.44. The average Bonchev–Trinajstić information content (AvgIpc) is 4.17. The molecule has 15 rings (SSSR count). The van der Waals surface area contributed by atoms with Crippen LogP contribution in [0.3, 0.4) is 0 Å². The van der Waals surface area contributed by atoms with Crippen LogP contribution in [0.15, 0.2) is 188 Å². The second-order valence-electron chi connectivity index (χ2n) is 16.7. The predicted molar refractivity (Wildman–Crippen MR) is 278 cm³/mol. The molecule has 0 saturated carbocycles. The van der Waals surface area contributed by atoms with Crippen molar-refractivity contribution in [2.75, 3.05) is 0 Å². The van der Waals surface area contributed by atoms with Crippen LogP contribution in [-0.4, -0.2) is 24.1 Å². The van der Waals surface area contributed by atoms with E-state index < -0.39 is 0 Å². The van der Waals surface area contributed by atoms with E-state index in [0.717, 1.165) is 38.8 Å². The van der Waals surface area contributed by atoms with E-state index in [1.807, 2.05) is 34.0 Å².